The van der Waals surface area contributed by atoms with Crippen LogP contribution in [0.1, 0.15) is 5.56 Å². The highest BCUT2D eigenvalue weighted by atomic mass is 16.5. The van der Waals surface area contributed by atoms with Gasteiger partial charge in [-0.3, -0.25) is 0 Å². The minimum Gasteiger partial charge on any atom is -0.497 e. The molecule has 4 heteroatoms. The molecule has 0 saturated heterocycles. The second kappa shape index (κ2) is 4.31. The number of hydrogen-bond donors (Lipinski definition) is 1. The molecule has 4 nitrogen and oxygen atoms in total. The van der Waals surface area contributed by atoms with Crippen molar-refractivity contribution in [2.24, 2.45) is 0 Å². The van der Waals surface area contributed by atoms with Crippen LogP contribution in [0.4, 0.5) is 5.69 Å². The smallest absolute Gasteiger partial charge is 0.167 e. The third kappa shape index (κ3) is 1.91. The number of aromatic nitrogens is 1. The van der Waals surface area contributed by atoms with E-state index in [2.05, 4.69) is 5.16 Å². The van der Waals surface area contributed by atoms with E-state index in [4.69, 9.17) is 15.0 Å². The largest absolute Gasteiger partial charge is 0.497 e. The van der Waals surface area contributed by atoms with Gasteiger partial charge in [0.1, 0.15) is 11.4 Å². The summed E-state index contributed by atoms with van der Waals surface area (Å²) in [6.45, 7) is 1.98. The Labute approximate surface area is 110 Å². The van der Waals surface area contributed by atoms with E-state index in [0.717, 1.165) is 39.2 Å². The van der Waals surface area contributed by atoms with Gasteiger partial charge in [0.2, 0.25) is 0 Å². The molecular formula is C15H14N2O2. The van der Waals surface area contributed by atoms with E-state index in [1.807, 2.05) is 43.3 Å². The summed E-state index contributed by atoms with van der Waals surface area (Å²) in [7, 11) is 1.64. The Morgan fingerprint density at radius 1 is 1.16 bits per heavy atom. The predicted octanol–water partition coefficient (Wildman–Crippen LogP) is 3.39. The van der Waals surface area contributed by atoms with E-state index in [1.165, 1.54) is 0 Å². The van der Waals surface area contributed by atoms with Crippen LogP contribution in [0.3, 0.4) is 0 Å². The zero-order valence-electron chi connectivity index (χ0n) is 10.8. The van der Waals surface area contributed by atoms with Crippen LogP contribution in [0.5, 0.6) is 5.75 Å². The number of methoxy groups -OCH3 is 1. The van der Waals surface area contributed by atoms with Crippen molar-refractivity contribution in [3.8, 4) is 17.0 Å². The van der Waals surface area contributed by atoms with E-state index >= 15 is 0 Å². The molecule has 2 N–H and O–H groups in total. The normalized spacial score (nSPS) is 10.8. The molecule has 0 aliphatic carbocycles. The fourth-order valence-corrected chi connectivity index (χ4v) is 2.04. The second-order valence-corrected chi connectivity index (χ2v) is 4.46. The molecule has 2 aromatic carbocycles. The number of aryl methyl sites for hydroxylation is 1. The number of nitrogen functional groups attached to an aromatic ring is 1. The standard InChI is InChI=1S/C15H14N2O2/c1-9-3-4-10(7-13(9)16)15-12-8-11(18-2)5-6-14(12)19-17-15/h3-8H,16H2,1-2H3. The highest BCUT2D eigenvalue weighted by molar-refractivity contribution is 5.93. The molecular weight excluding hydrogens is 240 g/mol. The lowest BCUT2D eigenvalue weighted by Crippen LogP contribution is -1.90. The maximum atomic E-state index is 5.94. The summed E-state index contributed by atoms with van der Waals surface area (Å²) >= 11 is 0. The van der Waals surface area contributed by atoms with Gasteiger partial charge >= 0.3 is 0 Å². The van der Waals surface area contributed by atoms with Gasteiger partial charge in [0.15, 0.2) is 5.58 Å². The first kappa shape index (κ1) is 11.6. The number of ether oxygens (including phenoxy) is 1. The molecule has 0 aliphatic heterocycles. The number of nitrogens with zero attached hydrogens (tertiary/aromatic N) is 1. The van der Waals surface area contributed by atoms with Crippen LogP contribution in [-0.4, -0.2) is 12.3 Å². The van der Waals surface area contributed by atoms with Gasteiger partial charge in [-0.15, -0.1) is 0 Å². The Kier molecular flexibility index (Phi) is 2.63. The minimum atomic E-state index is 0.731. The van der Waals surface area contributed by atoms with Gasteiger partial charge < -0.3 is 15.0 Å². The van der Waals surface area contributed by atoms with Crippen molar-refractivity contribution in [2.75, 3.05) is 12.8 Å². The van der Waals surface area contributed by atoms with Gasteiger partial charge in [0.05, 0.1) is 12.5 Å². The molecule has 3 aromatic rings. The number of fused-ring (bicyclic) bond motifs is 1. The molecule has 1 aromatic heterocycles. The number of anilines is 1. The molecule has 96 valence electrons. The van der Waals surface area contributed by atoms with Crippen molar-refractivity contribution in [3.05, 3.63) is 42.0 Å². The zero-order chi connectivity index (χ0) is 13.4. The summed E-state index contributed by atoms with van der Waals surface area (Å²) in [6, 6.07) is 11.5. The topological polar surface area (TPSA) is 61.3 Å². The minimum absolute atomic E-state index is 0.731. The van der Waals surface area contributed by atoms with Gasteiger partial charge in [-0.2, -0.15) is 0 Å². The Morgan fingerprint density at radius 2 is 2.00 bits per heavy atom. The number of hydrogen-bond acceptors (Lipinski definition) is 4. The molecule has 0 aliphatic rings. The van der Waals surface area contributed by atoms with Gasteiger partial charge in [0, 0.05) is 11.3 Å². The molecule has 3 rings (SSSR count). The van der Waals surface area contributed by atoms with Crippen LogP contribution < -0.4 is 10.5 Å². The monoisotopic (exact) mass is 254 g/mol. The van der Waals surface area contributed by atoms with E-state index in [0.29, 0.717) is 0 Å². The summed E-state index contributed by atoms with van der Waals surface area (Å²) in [5.41, 5.74) is 10.2. The summed E-state index contributed by atoms with van der Waals surface area (Å²) in [5, 5.41) is 5.04. The molecule has 0 radical (unpaired) electrons. The van der Waals surface area contributed by atoms with Crippen molar-refractivity contribution < 1.29 is 9.26 Å². The Morgan fingerprint density at radius 3 is 2.74 bits per heavy atom. The molecule has 0 spiro atoms. The quantitative estimate of drug-likeness (QED) is 0.712. The van der Waals surface area contributed by atoms with Crippen molar-refractivity contribution in [1.29, 1.82) is 0 Å². The Balaban J connectivity index is 2.21. The lowest BCUT2D eigenvalue weighted by atomic mass is 10.0. The average Bonchev–Trinajstić information content (AvgIpc) is 2.84. The van der Waals surface area contributed by atoms with E-state index in [9.17, 15) is 0 Å². The maximum Gasteiger partial charge on any atom is 0.167 e. The summed E-state index contributed by atoms with van der Waals surface area (Å²) < 4.78 is 10.6. The van der Waals surface area contributed by atoms with Crippen LogP contribution in [0.2, 0.25) is 0 Å². The lowest BCUT2D eigenvalue weighted by Gasteiger charge is -2.03. The molecule has 19 heavy (non-hydrogen) atoms. The summed E-state index contributed by atoms with van der Waals surface area (Å²) in [6.07, 6.45) is 0. The van der Waals surface area contributed by atoms with Crippen LogP contribution in [0, 0.1) is 6.92 Å². The van der Waals surface area contributed by atoms with E-state index in [1.54, 1.807) is 7.11 Å². The Bertz CT molecular complexity index is 747. The highest BCUT2D eigenvalue weighted by Gasteiger charge is 2.12. The third-order valence-corrected chi connectivity index (χ3v) is 3.23. The molecule has 0 saturated carbocycles. The molecule has 0 bridgehead atoms. The van der Waals surface area contributed by atoms with Gasteiger partial charge in [-0.1, -0.05) is 17.3 Å². The molecule has 1 heterocycles. The van der Waals surface area contributed by atoms with Gasteiger partial charge in [-0.25, -0.2) is 0 Å². The summed E-state index contributed by atoms with van der Waals surface area (Å²) in [4.78, 5) is 0. The fraction of sp³-hybridized carbons (Fsp3) is 0.133. The van der Waals surface area contributed by atoms with E-state index < -0.39 is 0 Å². The first-order valence-corrected chi connectivity index (χ1v) is 5.99. The molecule has 0 unspecified atom stereocenters. The van der Waals surface area contributed by atoms with Crippen molar-refractivity contribution in [2.45, 2.75) is 6.92 Å². The maximum absolute atomic E-state index is 5.94. The van der Waals surface area contributed by atoms with E-state index in [-0.39, 0.29) is 0 Å². The molecule has 0 amide bonds. The predicted molar refractivity (Wildman–Crippen MR) is 75.1 cm³/mol. The first-order valence-electron chi connectivity index (χ1n) is 5.99. The van der Waals surface area contributed by atoms with Gasteiger partial charge in [0.25, 0.3) is 0 Å². The van der Waals surface area contributed by atoms with Crippen LogP contribution in [0.25, 0.3) is 22.2 Å². The van der Waals surface area contributed by atoms with Gasteiger partial charge in [-0.05, 0) is 36.8 Å². The lowest BCUT2D eigenvalue weighted by molar-refractivity contribution is 0.415. The molecule has 0 fully saturated rings. The first-order chi connectivity index (χ1) is 9.19. The van der Waals surface area contributed by atoms with Crippen molar-refractivity contribution in [1.82, 2.24) is 5.16 Å². The third-order valence-electron chi connectivity index (χ3n) is 3.23. The van der Waals surface area contributed by atoms with Crippen LogP contribution >= 0.6 is 0 Å². The van der Waals surface area contributed by atoms with Crippen LogP contribution in [-0.2, 0) is 0 Å². The average molecular weight is 254 g/mol. The molecule has 0 atom stereocenters. The second-order valence-electron chi connectivity index (χ2n) is 4.46. The van der Waals surface area contributed by atoms with Crippen molar-refractivity contribution in [3.63, 3.8) is 0 Å². The SMILES string of the molecule is COc1ccc2onc(-c3ccc(C)c(N)c3)c2c1. The van der Waals surface area contributed by atoms with Crippen molar-refractivity contribution >= 4 is 16.7 Å². The Hall–Kier alpha value is -2.49. The highest BCUT2D eigenvalue weighted by Crippen LogP contribution is 2.32. The summed E-state index contributed by atoms with van der Waals surface area (Å²) in [5.74, 6) is 0.775. The number of benzene rings is 2. The number of nitrogens with two attached hydrogens (primary N) is 1. The zero-order valence-corrected chi connectivity index (χ0v) is 10.8. The van der Waals surface area contributed by atoms with Crippen LogP contribution in [0.15, 0.2) is 40.9 Å². The number of rotatable bonds is 2. The fourth-order valence-electron chi connectivity index (χ4n) is 2.04.